The van der Waals surface area contributed by atoms with E-state index in [1.165, 1.54) is 6.26 Å². The van der Waals surface area contributed by atoms with Crippen molar-refractivity contribution in [3.63, 3.8) is 0 Å². The van der Waals surface area contributed by atoms with E-state index < -0.39 is 11.9 Å². The van der Waals surface area contributed by atoms with Crippen LogP contribution in [0.1, 0.15) is 11.1 Å². The van der Waals surface area contributed by atoms with E-state index in [1.54, 1.807) is 30.3 Å². The molecule has 1 aromatic carbocycles. The molecule has 0 bridgehead atoms. The topological polar surface area (TPSA) is 87.7 Å². The minimum absolute atomic E-state index is 0.152. The molecule has 2 N–H and O–H groups in total. The van der Waals surface area contributed by atoms with E-state index >= 15 is 0 Å². The average Bonchev–Trinajstić information content (AvgIpc) is 2.79. The van der Waals surface area contributed by atoms with Crippen molar-refractivity contribution in [3.8, 4) is 11.3 Å². The maximum atomic E-state index is 10.8. The lowest BCUT2D eigenvalue weighted by Crippen LogP contribution is -2.04. The Bertz CT molecular complexity index is 564. The first kappa shape index (κ1) is 12.9. The molecule has 98 valence electrons. The van der Waals surface area contributed by atoms with Crippen LogP contribution in [0.5, 0.6) is 0 Å². The second kappa shape index (κ2) is 5.39. The molecule has 0 atom stereocenters. The maximum Gasteiger partial charge on any atom is 0.307 e. The fraction of sp³-hybridized carbons (Fsp3) is 0.143. The molecular weight excluding hydrogens is 248 g/mol. The van der Waals surface area contributed by atoms with E-state index in [0.29, 0.717) is 22.5 Å². The zero-order valence-corrected chi connectivity index (χ0v) is 10.00. The Morgan fingerprint density at radius 1 is 1.00 bits per heavy atom. The van der Waals surface area contributed by atoms with Crippen LogP contribution >= 0.6 is 0 Å². The summed E-state index contributed by atoms with van der Waals surface area (Å²) in [6.07, 6.45) is 1.21. The molecular formula is C14H12O5. The lowest BCUT2D eigenvalue weighted by atomic mass is 10.0. The highest BCUT2D eigenvalue weighted by Gasteiger charge is 2.10. The molecule has 0 aliphatic carbocycles. The van der Waals surface area contributed by atoms with E-state index in [1.807, 2.05) is 0 Å². The van der Waals surface area contributed by atoms with Crippen molar-refractivity contribution in [1.82, 2.24) is 0 Å². The number of aliphatic carboxylic acids is 2. The first-order valence-electron chi connectivity index (χ1n) is 5.65. The number of hydrogen-bond acceptors (Lipinski definition) is 3. The molecule has 1 aromatic heterocycles. The second-order valence-electron chi connectivity index (χ2n) is 4.16. The van der Waals surface area contributed by atoms with Crippen LogP contribution in [0.25, 0.3) is 11.3 Å². The third-order valence-corrected chi connectivity index (χ3v) is 2.57. The van der Waals surface area contributed by atoms with E-state index in [0.717, 1.165) is 0 Å². The minimum atomic E-state index is -0.960. The van der Waals surface area contributed by atoms with Gasteiger partial charge in [0.05, 0.1) is 19.1 Å². The van der Waals surface area contributed by atoms with Crippen LogP contribution in [-0.2, 0) is 22.4 Å². The summed E-state index contributed by atoms with van der Waals surface area (Å²) in [5.41, 5.74) is 1.79. The van der Waals surface area contributed by atoms with Gasteiger partial charge in [0.1, 0.15) is 5.76 Å². The van der Waals surface area contributed by atoms with Crippen molar-refractivity contribution < 1.29 is 24.2 Å². The Morgan fingerprint density at radius 3 is 2.00 bits per heavy atom. The zero-order chi connectivity index (χ0) is 13.8. The van der Waals surface area contributed by atoms with Crippen molar-refractivity contribution in [2.75, 3.05) is 0 Å². The summed E-state index contributed by atoms with van der Waals surface area (Å²) >= 11 is 0. The standard InChI is InChI=1S/C14H12O5/c15-13(16)7-9-4-10(8-14(17)18)6-11(5-9)12-2-1-3-19-12/h1-6H,7-8H2,(H,15,16)(H,17,18). The number of benzene rings is 1. The molecule has 0 aliphatic rings. The van der Waals surface area contributed by atoms with Crippen molar-refractivity contribution in [2.24, 2.45) is 0 Å². The minimum Gasteiger partial charge on any atom is -0.481 e. The van der Waals surface area contributed by atoms with Gasteiger partial charge in [0, 0.05) is 5.56 Å². The first-order valence-corrected chi connectivity index (χ1v) is 5.65. The summed E-state index contributed by atoms with van der Waals surface area (Å²) in [5, 5.41) is 17.6. The Balaban J connectivity index is 2.42. The number of rotatable bonds is 5. The fourth-order valence-electron chi connectivity index (χ4n) is 1.90. The Hall–Kier alpha value is -2.56. The lowest BCUT2D eigenvalue weighted by Gasteiger charge is -2.06. The number of carboxylic acids is 2. The molecule has 0 radical (unpaired) electrons. The largest absolute Gasteiger partial charge is 0.481 e. The van der Waals surface area contributed by atoms with Crippen LogP contribution in [0.3, 0.4) is 0 Å². The predicted molar refractivity (Wildman–Crippen MR) is 66.8 cm³/mol. The third kappa shape index (κ3) is 3.45. The molecule has 0 unspecified atom stereocenters. The van der Waals surface area contributed by atoms with E-state index in [2.05, 4.69) is 0 Å². The maximum absolute atomic E-state index is 10.8. The predicted octanol–water partition coefficient (Wildman–Crippen LogP) is 2.20. The van der Waals surface area contributed by atoms with Gasteiger partial charge in [-0.3, -0.25) is 9.59 Å². The zero-order valence-electron chi connectivity index (χ0n) is 10.00. The number of carboxylic acid groups (broad SMARTS) is 2. The van der Waals surface area contributed by atoms with E-state index in [4.69, 9.17) is 14.6 Å². The number of carbonyl (C=O) groups is 2. The van der Waals surface area contributed by atoms with Crippen LogP contribution in [0.15, 0.2) is 41.0 Å². The van der Waals surface area contributed by atoms with Crippen LogP contribution in [-0.4, -0.2) is 22.2 Å². The molecule has 1 heterocycles. The van der Waals surface area contributed by atoms with E-state index in [9.17, 15) is 9.59 Å². The molecule has 0 aliphatic heterocycles. The van der Waals surface area contributed by atoms with Gasteiger partial charge in [-0.25, -0.2) is 0 Å². The van der Waals surface area contributed by atoms with Crippen molar-refractivity contribution in [3.05, 3.63) is 47.7 Å². The molecule has 5 nitrogen and oxygen atoms in total. The van der Waals surface area contributed by atoms with Crippen molar-refractivity contribution in [1.29, 1.82) is 0 Å². The van der Waals surface area contributed by atoms with Crippen LogP contribution in [0.2, 0.25) is 0 Å². The SMILES string of the molecule is O=C(O)Cc1cc(CC(=O)O)cc(-c2ccco2)c1. The molecule has 0 spiro atoms. The van der Waals surface area contributed by atoms with Crippen LogP contribution in [0.4, 0.5) is 0 Å². The highest BCUT2D eigenvalue weighted by Crippen LogP contribution is 2.23. The van der Waals surface area contributed by atoms with Gasteiger partial charge in [-0.15, -0.1) is 0 Å². The van der Waals surface area contributed by atoms with Gasteiger partial charge in [0.25, 0.3) is 0 Å². The van der Waals surface area contributed by atoms with Gasteiger partial charge in [0.2, 0.25) is 0 Å². The highest BCUT2D eigenvalue weighted by molar-refractivity contribution is 5.74. The smallest absolute Gasteiger partial charge is 0.307 e. The lowest BCUT2D eigenvalue weighted by molar-refractivity contribution is -0.137. The van der Waals surface area contributed by atoms with Crippen molar-refractivity contribution in [2.45, 2.75) is 12.8 Å². The quantitative estimate of drug-likeness (QED) is 0.860. The highest BCUT2D eigenvalue weighted by atomic mass is 16.4. The molecule has 0 amide bonds. The molecule has 2 aromatic rings. The van der Waals surface area contributed by atoms with Crippen LogP contribution in [0, 0.1) is 0 Å². The van der Waals surface area contributed by atoms with Crippen molar-refractivity contribution >= 4 is 11.9 Å². The molecule has 19 heavy (non-hydrogen) atoms. The Morgan fingerprint density at radius 2 is 1.58 bits per heavy atom. The summed E-state index contributed by atoms with van der Waals surface area (Å²) in [5.74, 6) is -1.34. The van der Waals surface area contributed by atoms with Gasteiger partial charge in [-0.05, 0) is 35.4 Å². The molecule has 0 saturated carbocycles. The first-order chi connectivity index (χ1) is 9.04. The molecule has 2 rings (SSSR count). The molecule has 0 saturated heterocycles. The molecule has 0 fully saturated rings. The monoisotopic (exact) mass is 260 g/mol. The summed E-state index contributed by atoms with van der Waals surface area (Å²) in [7, 11) is 0. The molecule has 5 heteroatoms. The summed E-state index contributed by atoms with van der Waals surface area (Å²) in [4.78, 5) is 21.5. The average molecular weight is 260 g/mol. The third-order valence-electron chi connectivity index (χ3n) is 2.57. The van der Waals surface area contributed by atoms with Gasteiger partial charge < -0.3 is 14.6 Å². The van der Waals surface area contributed by atoms with E-state index in [-0.39, 0.29) is 12.8 Å². The Kier molecular flexibility index (Phi) is 3.66. The summed E-state index contributed by atoms with van der Waals surface area (Å²) in [6.45, 7) is 0. The van der Waals surface area contributed by atoms with Crippen LogP contribution < -0.4 is 0 Å². The van der Waals surface area contributed by atoms with Gasteiger partial charge in [-0.1, -0.05) is 6.07 Å². The second-order valence-corrected chi connectivity index (χ2v) is 4.16. The summed E-state index contributed by atoms with van der Waals surface area (Å²) < 4.78 is 5.24. The normalized spacial score (nSPS) is 10.3. The van der Waals surface area contributed by atoms with Gasteiger partial charge >= 0.3 is 11.9 Å². The number of hydrogen-bond donors (Lipinski definition) is 2. The fourth-order valence-corrected chi connectivity index (χ4v) is 1.90. The Labute approximate surface area is 109 Å². The van der Waals surface area contributed by atoms with Gasteiger partial charge in [0.15, 0.2) is 0 Å². The number of furan rings is 1. The summed E-state index contributed by atoms with van der Waals surface area (Å²) in [6, 6.07) is 8.44. The van der Waals surface area contributed by atoms with Gasteiger partial charge in [-0.2, -0.15) is 0 Å².